The molecule has 2 heterocycles. The third-order valence-electron chi connectivity index (χ3n) is 5.43. The van der Waals surface area contributed by atoms with Gasteiger partial charge in [0.2, 0.25) is 5.91 Å². The lowest BCUT2D eigenvalue weighted by Crippen LogP contribution is -2.36. The quantitative estimate of drug-likeness (QED) is 0.555. The first-order chi connectivity index (χ1) is 15.7. The van der Waals surface area contributed by atoms with Crippen LogP contribution in [0.4, 0.5) is 4.39 Å². The summed E-state index contributed by atoms with van der Waals surface area (Å²) >= 11 is 0. The standard InChI is InChI=1S/C23H24FN5O3S/c1-15(25-22-19-7-3-4-8-21(19)33(31,32)28-22)23(30)29(2)13-5-6-18-14-20(27-26-18)16-9-11-17(24)12-10-16/h3-4,7-12,14-15H,5-6,13H2,1-2H3,(H,25,28)(H,26,27)/t15-/m0/s1. The summed E-state index contributed by atoms with van der Waals surface area (Å²) in [6.07, 6.45) is 1.38. The van der Waals surface area contributed by atoms with Crippen LogP contribution in [-0.2, 0) is 21.2 Å². The first-order valence-electron chi connectivity index (χ1n) is 10.5. The van der Waals surface area contributed by atoms with E-state index in [1.807, 2.05) is 6.07 Å². The number of aryl methyl sites for hydroxylation is 1. The van der Waals surface area contributed by atoms with Gasteiger partial charge in [0.15, 0.2) is 0 Å². The number of aromatic amines is 1. The summed E-state index contributed by atoms with van der Waals surface area (Å²) in [6, 6.07) is 13.9. The number of H-pyrrole nitrogens is 1. The van der Waals surface area contributed by atoms with Crippen LogP contribution in [0.3, 0.4) is 0 Å². The highest BCUT2D eigenvalue weighted by molar-refractivity contribution is 7.90. The van der Waals surface area contributed by atoms with E-state index in [9.17, 15) is 17.6 Å². The number of halogens is 1. The highest BCUT2D eigenvalue weighted by Gasteiger charge is 2.31. The minimum Gasteiger partial charge on any atom is -0.344 e. The maximum absolute atomic E-state index is 13.1. The van der Waals surface area contributed by atoms with E-state index in [0.717, 1.165) is 17.0 Å². The molecule has 33 heavy (non-hydrogen) atoms. The van der Waals surface area contributed by atoms with Gasteiger partial charge in [0, 0.05) is 30.4 Å². The minimum absolute atomic E-state index is 0.163. The van der Waals surface area contributed by atoms with E-state index in [1.165, 1.54) is 18.2 Å². The van der Waals surface area contributed by atoms with Crippen LogP contribution in [0.1, 0.15) is 24.6 Å². The molecular weight excluding hydrogens is 445 g/mol. The van der Waals surface area contributed by atoms with Gasteiger partial charge in [-0.1, -0.05) is 12.1 Å². The smallest absolute Gasteiger partial charge is 0.263 e. The van der Waals surface area contributed by atoms with Crippen molar-refractivity contribution in [2.75, 3.05) is 13.6 Å². The predicted octanol–water partition coefficient (Wildman–Crippen LogP) is 2.73. The highest BCUT2D eigenvalue weighted by atomic mass is 32.2. The third kappa shape index (κ3) is 4.95. The van der Waals surface area contributed by atoms with Crippen molar-refractivity contribution in [3.63, 3.8) is 0 Å². The Bertz CT molecular complexity index is 1300. The Labute approximate surface area is 191 Å². The summed E-state index contributed by atoms with van der Waals surface area (Å²) < 4.78 is 39.9. The molecule has 172 valence electrons. The number of benzene rings is 2. The van der Waals surface area contributed by atoms with Crippen LogP contribution in [0.5, 0.6) is 0 Å². The van der Waals surface area contributed by atoms with Gasteiger partial charge in [-0.3, -0.25) is 19.6 Å². The number of carbonyl (C=O) groups is 1. The Kier molecular flexibility index (Phi) is 6.28. The Morgan fingerprint density at radius 3 is 2.67 bits per heavy atom. The van der Waals surface area contributed by atoms with Crippen molar-refractivity contribution in [3.8, 4) is 11.3 Å². The number of aromatic nitrogens is 2. The summed E-state index contributed by atoms with van der Waals surface area (Å²) in [4.78, 5) is 18.8. The number of nitrogens with zero attached hydrogens (tertiary/aromatic N) is 3. The van der Waals surface area contributed by atoms with Gasteiger partial charge in [-0.05, 0) is 62.2 Å². The molecule has 4 rings (SSSR count). The van der Waals surface area contributed by atoms with E-state index in [-0.39, 0.29) is 22.5 Å². The number of amides is 1. The molecule has 1 atom stereocenters. The van der Waals surface area contributed by atoms with Crippen LogP contribution >= 0.6 is 0 Å². The van der Waals surface area contributed by atoms with Gasteiger partial charge in [0.25, 0.3) is 10.0 Å². The number of rotatable bonds is 7. The van der Waals surface area contributed by atoms with E-state index < -0.39 is 16.1 Å². The first-order valence-corrected chi connectivity index (χ1v) is 12.0. The van der Waals surface area contributed by atoms with Crippen LogP contribution in [0.2, 0.25) is 0 Å². The summed E-state index contributed by atoms with van der Waals surface area (Å²) in [5, 5.41) is 7.24. The molecule has 2 N–H and O–H groups in total. The Hall–Kier alpha value is -3.53. The second-order valence-corrected chi connectivity index (χ2v) is 9.55. The van der Waals surface area contributed by atoms with E-state index >= 15 is 0 Å². The van der Waals surface area contributed by atoms with Crippen LogP contribution < -0.4 is 4.72 Å². The third-order valence-corrected chi connectivity index (χ3v) is 6.83. The summed E-state index contributed by atoms with van der Waals surface area (Å²) in [7, 11) is -1.95. The average molecular weight is 470 g/mol. The van der Waals surface area contributed by atoms with Gasteiger partial charge < -0.3 is 4.90 Å². The molecule has 10 heteroatoms. The number of nitrogens with one attached hydrogen (secondary N) is 2. The molecule has 1 aliphatic heterocycles. The van der Waals surface area contributed by atoms with Crippen LogP contribution in [-0.4, -0.2) is 54.9 Å². The van der Waals surface area contributed by atoms with E-state index in [1.54, 1.807) is 49.2 Å². The molecule has 0 unspecified atom stereocenters. The zero-order chi connectivity index (χ0) is 23.6. The Balaban J connectivity index is 1.33. The zero-order valence-corrected chi connectivity index (χ0v) is 19.1. The fourth-order valence-electron chi connectivity index (χ4n) is 3.67. The molecule has 1 aliphatic rings. The number of carbonyl (C=O) groups excluding carboxylic acids is 1. The molecule has 3 aromatic rings. The number of aliphatic imine (C=N–C) groups is 1. The molecule has 0 spiro atoms. The lowest BCUT2D eigenvalue weighted by atomic mass is 10.1. The molecule has 0 saturated carbocycles. The van der Waals surface area contributed by atoms with Crippen molar-refractivity contribution >= 4 is 21.8 Å². The van der Waals surface area contributed by atoms with Crippen LogP contribution in [0.15, 0.2) is 64.5 Å². The van der Waals surface area contributed by atoms with Crippen molar-refractivity contribution < 1.29 is 17.6 Å². The first kappa shape index (κ1) is 22.7. The Morgan fingerprint density at radius 2 is 1.91 bits per heavy atom. The minimum atomic E-state index is -3.65. The maximum Gasteiger partial charge on any atom is 0.263 e. The molecule has 8 nitrogen and oxygen atoms in total. The largest absolute Gasteiger partial charge is 0.344 e. The van der Waals surface area contributed by atoms with Crippen molar-refractivity contribution in [1.29, 1.82) is 0 Å². The normalized spacial score (nSPS) is 16.3. The molecule has 0 bridgehead atoms. The topological polar surface area (TPSA) is 108 Å². The molecule has 1 aromatic heterocycles. The number of likely N-dealkylation sites (N-methyl/N-ethyl adjacent to an activating group) is 1. The molecule has 0 radical (unpaired) electrons. The van der Waals surface area contributed by atoms with Gasteiger partial charge >= 0.3 is 0 Å². The van der Waals surface area contributed by atoms with Crippen molar-refractivity contribution in [2.45, 2.75) is 30.7 Å². The number of amidine groups is 1. The second-order valence-electron chi connectivity index (χ2n) is 7.90. The van der Waals surface area contributed by atoms with Crippen LogP contribution in [0.25, 0.3) is 11.3 Å². The molecule has 2 aromatic carbocycles. The number of hydrogen-bond acceptors (Lipinski definition) is 5. The van der Waals surface area contributed by atoms with Crippen molar-refractivity contribution in [1.82, 2.24) is 19.8 Å². The molecule has 0 fully saturated rings. The molecule has 0 aliphatic carbocycles. The zero-order valence-electron chi connectivity index (χ0n) is 18.2. The maximum atomic E-state index is 13.1. The average Bonchev–Trinajstić information content (AvgIpc) is 3.36. The summed E-state index contributed by atoms with van der Waals surface area (Å²) in [5.74, 6) is -0.315. The molecular formula is C23H24FN5O3S. The van der Waals surface area contributed by atoms with E-state index in [0.29, 0.717) is 24.9 Å². The SMILES string of the molecule is C[C@H](N=C1NS(=O)(=O)c2ccccc21)C(=O)N(C)CCCc1cc(-c2ccc(F)cc2)n[nH]1. The van der Waals surface area contributed by atoms with Crippen molar-refractivity contribution in [2.24, 2.45) is 4.99 Å². The lowest BCUT2D eigenvalue weighted by Gasteiger charge is -2.19. The molecule has 1 amide bonds. The van der Waals surface area contributed by atoms with Gasteiger partial charge in [-0.25, -0.2) is 12.8 Å². The van der Waals surface area contributed by atoms with Gasteiger partial charge in [-0.15, -0.1) is 0 Å². The van der Waals surface area contributed by atoms with Crippen LogP contribution in [0, 0.1) is 5.82 Å². The number of fused-ring (bicyclic) bond motifs is 1. The van der Waals surface area contributed by atoms with E-state index in [4.69, 9.17) is 0 Å². The van der Waals surface area contributed by atoms with Gasteiger partial charge in [-0.2, -0.15) is 5.10 Å². The van der Waals surface area contributed by atoms with Gasteiger partial charge in [0.05, 0.1) is 10.6 Å². The van der Waals surface area contributed by atoms with Crippen molar-refractivity contribution in [3.05, 3.63) is 71.7 Å². The van der Waals surface area contributed by atoms with E-state index in [2.05, 4.69) is 19.9 Å². The highest BCUT2D eigenvalue weighted by Crippen LogP contribution is 2.23. The fourth-order valence-corrected chi connectivity index (χ4v) is 4.91. The number of sulfonamides is 1. The fraction of sp³-hybridized carbons (Fsp3) is 0.261. The van der Waals surface area contributed by atoms with Gasteiger partial charge in [0.1, 0.15) is 17.7 Å². The predicted molar refractivity (Wildman–Crippen MR) is 123 cm³/mol. The summed E-state index contributed by atoms with van der Waals surface area (Å²) in [5.41, 5.74) is 2.94. The monoisotopic (exact) mass is 469 g/mol. The number of hydrogen-bond donors (Lipinski definition) is 2. The lowest BCUT2D eigenvalue weighted by molar-refractivity contribution is -0.130. The Morgan fingerprint density at radius 1 is 1.18 bits per heavy atom. The second kappa shape index (κ2) is 9.14. The summed E-state index contributed by atoms with van der Waals surface area (Å²) in [6.45, 7) is 2.15. The molecule has 0 saturated heterocycles.